The highest BCUT2D eigenvalue weighted by molar-refractivity contribution is 5.67. The highest BCUT2D eigenvalue weighted by Gasteiger charge is 2.06. The zero-order valence-electron chi connectivity index (χ0n) is 7.18. The molecule has 0 saturated carbocycles. The summed E-state index contributed by atoms with van der Waals surface area (Å²) in [5, 5.41) is 4.13. The fraction of sp³-hybridized carbons (Fsp3) is 0.125. The Labute approximate surface area is 75.2 Å². The molecule has 2 aromatic heterocycles. The van der Waals surface area contributed by atoms with Gasteiger partial charge in [-0.25, -0.2) is 9.97 Å². The first-order valence-electron chi connectivity index (χ1n) is 3.84. The maximum atomic E-state index is 5.66. The normalized spacial score (nSPS) is 10.2. The summed E-state index contributed by atoms with van der Waals surface area (Å²) in [7, 11) is 1.81. The minimum Gasteiger partial charge on any atom is -0.383 e. The number of rotatable bonds is 1. The van der Waals surface area contributed by atoms with Gasteiger partial charge in [0.2, 0.25) is 0 Å². The fourth-order valence-corrected chi connectivity index (χ4v) is 1.07. The summed E-state index contributed by atoms with van der Waals surface area (Å²) >= 11 is 0. The predicted octanol–water partition coefficient (Wildman–Crippen LogP) is 0.459. The molecular formula is C8H9N5. The number of nitrogen functional groups attached to an aromatic ring is 1. The molecule has 0 atom stereocenters. The number of pyridine rings is 1. The molecule has 0 aromatic carbocycles. The first kappa shape index (κ1) is 7.72. The van der Waals surface area contributed by atoms with Crippen LogP contribution in [0.3, 0.4) is 0 Å². The Hall–Kier alpha value is -1.91. The molecule has 5 nitrogen and oxygen atoms in total. The molecule has 0 aliphatic heterocycles. The van der Waals surface area contributed by atoms with Gasteiger partial charge >= 0.3 is 0 Å². The smallest absolute Gasteiger partial charge is 0.184 e. The second-order valence-electron chi connectivity index (χ2n) is 2.68. The molecule has 2 heterocycles. The van der Waals surface area contributed by atoms with Crippen LogP contribution in [0.1, 0.15) is 0 Å². The van der Waals surface area contributed by atoms with Crippen molar-refractivity contribution in [2.24, 2.45) is 7.05 Å². The SMILES string of the molecule is Cn1cnc(-c2cccnc2N)n1. The van der Waals surface area contributed by atoms with Gasteiger partial charge in [-0.05, 0) is 12.1 Å². The first-order chi connectivity index (χ1) is 6.27. The van der Waals surface area contributed by atoms with Gasteiger partial charge in [0.25, 0.3) is 0 Å². The van der Waals surface area contributed by atoms with Crippen LogP contribution in [0, 0.1) is 0 Å². The third-order valence-corrected chi connectivity index (χ3v) is 1.68. The molecule has 0 spiro atoms. The van der Waals surface area contributed by atoms with Crippen molar-refractivity contribution in [3.8, 4) is 11.4 Å². The first-order valence-corrected chi connectivity index (χ1v) is 3.84. The molecule has 0 fully saturated rings. The molecule has 2 aromatic rings. The standard InChI is InChI=1S/C8H9N5/c1-13-5-11-8(12-13)6-3-2-4-10-7(6)9/h2-5H,1H3,(H2,9,10). The molecule has 0 radical (unpaired) electrons. The predicted molar refractivity (Wildman–Crippen MR) is 48.6 cm³/mol. The van der Waals surface area contributed by atoms with E-state index in [9.17, 15) is 0 Å². The van der Waals surface area contributed by atoms with Crippen LogP contribution >= 0.6 is 0 Å². The number of nitrogens with two attached hydrogens (primary N) is 1. The van der Waals surface area contributed by atoms with E-state index in [4.69, 9.17) is 5.73 Å². The molecule has 0 aliphatic rings. The van der Waals surface area contributed by atoms with Crippen molar-refractivity contribution in [3.05, 3.63) is 24.7 Å². The van der Waals surface area contributed by atoms with Crippen molar-refractivity contribution < 1.29 is 0 Å². The molecule has 0 unspecified atom stereocenters. The lowest BCUT2D eigenvalue weighted by Crippen LogP contribution is -1.95. The highest BCUT2D eigenvalue weighted by atomic mass is 15.3. The van der Waals surface area contributed by atoms with Gasteiger partial charge in [-0.3, -0.25) is 4.68 Å². The van der Waals surface area contributed by atoms with Crippen molar-refractivity contribution in [1.82, 2.24) is 19.7 Å². The number of hydrogen-bond acceptors (Lipinski definition) is 4. The van der Waals surface area contributed by atoms with Gasteiger partial charge < -0.3 is 5.73 Å². The minimum atomic E-state index is 0.453. The van der Waals surface area contributed by atoms with Gasteiger partial charge in [0.15, 0.2) is 5.82 Å². The van der Waals surface area contributed by atoms with E-state index in [0.29, 0.717) is 11.6 Å². The second-order valence-corrected chi connectivity index (χ2v) is 2.68. The third-order valence-electron chi connectivity index (χ3n) is 1.68. The average molecular weight is 175 g/mol. The Morgan fingerprint density at radius 1 is 1.38 bits per heavy atom. The summed E-state index contributed by atoms with van der Waals surface area (Å²) in [6.07, 6.45) is 3.27. The van der Waals surface area contributed by atoms with Crippen molar-refractivity contribution in [1.29, 1.82) is 0 Å². The summed E-state index contributed by atoms with van der Waals surface area (Å²) < 4.78 is 1.63. The summed E-state index contributed by atoms with van der Waals surface area (Å²) in [5.41, 5.74) is 6.43. The topological polar surface area (TPSA) is 69.6 Å². The van der Waals surface area contributed by atoms with Gasteiger partial charge in [-0.15, -0.1) is 0 Å². The van der Waals surface area contributed by atoms with E-state index in [1.54, 1.807) is 17.2 Å². The Morgan fingerprint density at radius 2 is 2.23 bits per heavy atom. The van der Waals surface area contributed by atoms with Crippen molar-refractivity contribution in [2.45, 2.75) is 0 Å². The van der Waals surface area contributed by atoms with Gasteiger partial charge in [-0.2, -0.15) is 5.10 Å². The summed E-state index contributed by atoms with van der Waals surface area (Å²) in [6, 6.07) is 3.65. The molecule has 0 bridgehead atoms. The van der Waals surface area contributed by atoms with Crippen molar-refractivity contribution >= 4 is 5.82 Å². The van der Waals surface area contributed by atoms with Crippen LogP contribution in [0.2, 0.25) is 0 Å². The van der Waals surface area contributed by atoms with E-state index in [1.165, 1.54) is 0 Å². The van der Waals surface area contributed by atoms with Gasteiger partial charge in [0.05, 0.1) is 5.56 Å². The van der Waals surface area contributed by atoms with E-state index in [0.717, 1.165) is 5.56 Å². The van der Waals surface area contributed by atoms with Crippen molar-refractivity contribution in [3.63, 3.8) is 0 Å². The fourth-order valence-electron chi connectivity index (χ4n) is 1.07. The number of aromatic nitrogens is 4. The van der Waals surface area contributed by atoms with E-state index in [2.05, 4.69) is 15.1 Å². The van der Waals surface area contributed by atoms with Gasteiger partial charge in [-0.1, -0.05) is 0 Å². The van der Waals surface area contributed by atoms with E-state index in [1.807, 2.05) is 19.2 Å². The molecule has 13 heavy (non-hydrogen) atoms. The highest BCUT2D eigenvalue weighted by Crippen LogP contribution is 2.18. The quantitative estimate of drug-likeness (QED) is 0.683. The van der Waals surface area contributed by atoms with E-state index < -0.39 is 0 Å². The summed E-state index contributed by atoms with van der Waals surface area (Å²) in [4.78, 5) is 8.03. The van der Waals surface area contributed by atoms with Gasteiger partial charge in [0, 0.05) is 13.2 Å². The Bertz CT molecular complexity index is 420. The van der Waals surface area contributed by atoms with Crippen LogP contribution in [0.4, 0.5) is 5.82 Å². The average Bonchev–Trinajstić information content (AvgIpc) is 2.53. The van der Waals surface area contributed by atoms with Gasteiger partial charge in [0.1, 0.15) is 12.1 Å². The molecular weight excluding hydrogens is 166 g/mol. The van der Waals surface area contributed by atoms with E-state index >= 15 is 0 Å². The molecule has 66 valence electrons. The second kappa shape index (κ2) is 2.85. The lowest BCUT2D eigenvalue weighted by atomic mass is 10.2. The molecule has 0 saturated heterocycles. The zero-order chi connectivity index (χ0) is 9.26. The number of anilines is 1. The molecule has 5 heteroatoms. The number of nitrogens with zero attached hydrogens (tertiary/aromatic N) is 4. The minimum absolute atomic E-state index is 0.453. The van der Waals surface area contributed by atoms with Crippen molar-refractivity contribution in [2.75, 3.05) is 5.73 Å². The Balaban J connectivity index is 2.52. The lowest BCUT2D eigenvalue weighted by Gasteiger charge is -1.97. The van der Waals surface area contributed by atoms with Crippen LogP contribution in [0.15, 0.2) is 24.7 Å². The van der Waals surface area contributed by atoms with Crippen LogP contribution in [-0.4, -0.2) is 19.7 Å². The third kappa shape index (κ3) is 1.35. The Morgan fingerprint density at radius 3 is 2.85 bits per heavy atom. The number of aryl methyl sites for hydroxylation is 1. The van der Waals surface area contributed by atoms with Crippen LogP contribution in [0.5, 0.6) is 0 Å². The summed E-state index contributed by atoms with van der Waals surface area (Å²) in [6.45, 7) is 0. The largest absolute Gasteiger partial charge is 0.383 e. The maximum Gasteiger partial charge on any atom is 0.184 e. The van der Waals surface area contributed by atoms with Crippen LogP contribution in [-0.2, 0) is 7.05 Å². The molecule has 2 rings (SSSR count). The molecule has 2 N–H and O–H groups in total. The maximum absolute atomic E-state index is 5.66. The van der Waals surface area contributed by atoms with E-state index in [-0.39, 0.29) is 0 Å². The molecule has 0 aliphatic carbocycles. The zero-order valence-corrected chi connectivity index (χ0v) is 7.18. The monoisotopic (exact) mass is 175 g/mol. The van der Waals surface area contributed by atoms with Crippen LogP contribution in [0.25, 0.3) is 11.4 Å². The number of hydrogen-bond donors (Lipinski definition) is 1. The lowest BCUT2D eigenvalue weighted by molar-refractivity contribution is 0.768. The summed E-state index contributed by atoms with van der Waals surface area (Å²) in [5.74, 6) is 1.06. The van der Waals surface area contributed by atoms with Crippen LogP contribution < -0.4 is 5.73 Å². The Kier molecular flexibility index (Phi) is 1.70. The molecule has 0 amide bonds.